The van der Waals surface area contributed by atoms with Gasteiger partial charge in [-0.2, -0.15) is 0 Å². The number of halogens is 2. The number of carbonyl (C=O) groups is 2. The van der Waals surface area contributed by atoms with E-state index in [1.807, 2.05) is 35.9 Å². The van der Waals surface area contributed by atoms with Gasteiger partial charge in [-0.1, -0.05) is 67.6 Å². The standard InChI is InChI=1S/C30H27ClFN5O3.C4H8/c1-35-28(37-12-11-27(38)34-30(37)39)14-33-29(35)20-7-8-21-16-36(17-22(21)13-20)15-19-5-9-23(10-6-19)40-18-24-25(31)3-2-4-26(24)32;1-2-4-3-1/h2-10,13-14H,11-12,15-18H2,1H3,(H,34,38,39);1-4H2. The van der Waals surface area contributed by atoms with Gasteiger partial charge in [-0.3, -0.25) is 19.9 Å². The Labute approximate surface area is 261 Å². The zero-order valence-corrected chi connectivity index (χ0v) is 25.4. The van der Waals surface area contributed by atoms with Gasteiger partial charge in [-0.05, 0) is 47.0 Å². The van der Waals surface area contributed by atoms with E-state index in [0.29, 0.717) is 28.7 Å². The van der Waals surface area contributed by atoms with Crippen molar-refractivity contribution in [1.82, 2.24) is 19.8 Å². The topological polar surface area (TPSA) is 79.7 Å². The zero-order chi connectivity index (χ0) is 30.6. The number of amides is 3. The van der Waals surface area contributed by atoms with Crippen molar-refractivity contribution in [3.05, 3.63) is 100.0 Å². The molecule has 7 rings (SSSR count). The lowest BCUT2D eigenvalue weighted by Gasteiger charge is -2.26. The van der Waals surface area contributed by atoms with E-state index in [0.717, 1.165) is 36.6 Å². The van der Waals surface area contributed by atoms with Gasteiger partial charge in [0, 0.05) is 50.8 Å². The van der Waals surface area contributed by atoms with Crippen LogP contribution in [0.2, 0.25) is 5.02 Å². The maximum absolute atomic E-state index is 14.0. The van der Waals surface area contributed by atoms with E-state index in [9.17, 15) is 14.0 Å². The van der Waals surface area contributed by atoms with Crippen LogP contribution in [0.4, 0.5) is 15.0 Å². The number of aromatic nitrogens is 2. The summed E-state index contributed by atoms with van der Waals surface area (Å²) in [6.45, 7) is 2.82. The van der Waals surface area contributed by atoms with E-state index in [2.05, 4.69) is 33.4 Å². The first-order valence-corrected chi connectivity index (χ1v) is 15.4. The highest BCUT2D eigenvalue weighted by molar-refractivity contribution is 6.31. The SMILES string of the molecule is C1CCC1.Cn1c(N2CCC(=O)NC2=O)cnc1-c1ccc2c(c1)CN(Cc1ccc(OCc3c(F)cccc3Cl)cc1)C2. The molecule has 3 heterocycles. The molecule has 1 aromatic heterocycles. The maximum Gasteiger partial charge on any atom is 0.329 e. The van der Waals surface area contributed by atoms with E-state index in [1.165, 1.54) is 42.9 Å². The van der Waals surface area contributed by atoms with Crippen molar-refractivity contribution in [2.45, 2.75) is 58.3 Å². The molecule has 1 N–H and O–H groups in total. The molecule has 3 amide bonds. The minimum absolute atomic E-state index is 0.0665. The molecule has 3 aromatic carbocycles. The second-order valence-electron chi connectivity index (χ2n) is 11.4. The van der Waals surface area contributed by atoms with Gasteiger partial charge in [-0.25, -0.2) is 14.2 Å². The fraction of sp³-hybridized carbons (Fsp3) is 0.324. The molecule has 2 fully saturated rings. The molecular formula is C34H35ClFN5O3. The Hall–Kier alpha value is -4.21. The van der Waals surface area contributed by atoms with E-state index >= 15 is 0 Å². The number of benzene rings is 3. The third-order valence-electron chi connectivity index (χ3n) is 8.32. The lowest BCUT2D eigenvalue weighted by Crippen LogP contribution is -2.50. The number of urea groups is 1. The van der Waals surface area contributed by atoms with E-state index < -0.39 is 6.03 Å². The second kappa shape index (κ2) is 13.2. The zero-order valence-electron chi connectivity index (χ0n) is 24.7. The summed E-state index contributed by atoms with van der Waals surface area (Å²) in [5, 5.41) is 2.71. The van der Waals surface area contributed by atoms with E-state index in [-0.39, 0.29) is 24.8 Å². The van der Waals surface area contributed by atoms with Gasteiger partial charge >= 0.3 is 6.03 Å². The van der Waals surface area contributed by atoms with Crippen molar-refractivity contribution in [2.24, 2.45) is 7.05 Å². The van der Waals surface area contributed by atoms with Gasteiger partial charge in [0.15, 0.2) is 0 Å². The van der Waals surface area contributed by atoms with Crippen LogP contribution in [0.25, 0.3) is 11.4 Å². The molecule has 44 heavy (non-hydrogen) atoms. The number of hydrogen-bond acceptors (Lipinski definition) is 5. The van der Waals surface area contributed by atoms with Crippen LogP contribution in [0.15, 0.2) is 66.9 Å². The summed E-state index contributed by atoms with van der Waals surface area (Å²) in [6.07, 6.45) is 7.93. The van der Waals surface area contributed by atoms with Crippen molar-refractivity contribution in [1.29, 1.82) is 0 Å². The number of rotatable bonds is 7. The number of hydrogen-bond donors (Lipinski definition) is 1. The molecule has 0 atom stereocenters. The number of carbonyl (C=O) groups excluding carboxylic acids is 2. The number of ether oxygens (including phenoxy) is 1. The molecule has 2 aliphatic heterocycles. The summed E-state index contributed by atoms with van der Waals surface area (Å²) in [7, 11) is 1.87. The van der Waals surface area contributed by atoms with Crippen molar-refractivity contribution in [3.8, 4) is 17.1 Å². The minimum atomic E-state index is -0.426. The molecule has 0 unspecified atom stereocenters. The van der Waals surface area contributed by atoms with Crippen molar-refractivity contribution < 1.29 is 18.7 Å². The van der Waals surface area contributed by atoms with Crippen molar-refractivity contribution >= 4 is 29.4 Å². The van der Waals surface area contributed by atoms with E-state index in [1.54, 1.807) is 23.2 Å². The number of nitrogens with one attached hydrogen (secondary N) is 1. The predicted octanol–water partition coefficient (Wildman–Crippen LogP) is 6.98. The summed E-state index contributed by atoms with van der Waals surface area (Å²) in [5.74, 6) is 1.41. The fourth-order valence-corrected chi connectivity index (χ4v) is 5.66. The van der Waals surface area contributed by atoms with E-state index in [4.69, 9.17) is 16.3 Å². The lowest BCUT2D eigenvalue weighted by molar-refractivity contribution is -0.120. The smallest absolute Gasteiger partial charge is 0.329 e. The van der Waals surface area contributed by atoms with Crippen LogP contribution < -0.4 is 15.0 Å². The van der Waals surface area contributed by atoms with Gasteiger partial charge < -0.3 is 9.30 Å². The van der Waals surface area contributed by atoms with Crippen molar-refractivity contribution in [3.63, 3.8) is 0 Å². The third kappa shape index (κ3) is 6.64. The molecule has 3 aliphatic rings. The average molecular weight is 616 g/mol. The summed E-state index contributed by atoms with van der Waals surface area (Å²) < 4.78 is 21.6. The molecule has 4 aromatic rings. The van der Waals surface area contributed by atoms with Gasteiger partial charge in [0.2, 0.25) is 5.91 Å². The number of anilines is 1. The molecule has 0 bridgehead atoms. The molecule has 10 heteroatoms. The number of imide groups is 1. The Balaban J connectivity index is 0.000000794. The summed E-state index contributed by atoms with van der Waals surface area (Å²) in [4.78, 5) is 32.3. The third-order valence-corrected chi connectivity index (χ3v) is 8.68. The van der Waals surface area contributed by atoms with Crippen LogP contribution in [0.3, 0.4) is 0 Å². The number of nitrogens with zero attached hydrogens (tertiary/aromatic N) is 4. The minimum Gasteiger partial charge on any atom is -0.489 e. The summed E-state index contributed by atoms with van der Waals surface area (Å²) >= 11 is 6.09. The maximum atomic E-state index is 14.0. The van der Waals surface area contributed by atoms with Gasteiger partial charge in [0.25, 0.3) is 0 Å². The molecular weight excluding hydrogens is 581 g/mol. The highest BCUT2D eigenvalue weighted by atomic mass is 35.5. The number of imidazole rings is 1. The van der Waals surface area contributed by atoms with Crippen LogP contribution in [0.5, 0.6) is 5.75 Å². The first-order valence-electron chi connectivity index (χ1n) is 15.0. The summed E-state index contributed by atoms with van der Waals surface area (Å²) in [5.41, 5.74) is 4.98. The largest absolute Gasteiger partial charge is 0.489 e. The monoisotopic (exact) mass is 615 g/mol. The fourth-order valence-electron chi connectivity index (χ4n) is 5.44. The quantitative estimate of drug-likeness (QED) is 0.243. The van der Waals surface area contributed by atoms with Crippen LogP contribution in [0.1, 0.15) is 54.4 Å². The molecule has 1 saturated heterocycles. The molecule has 0 spiro atoms. The predicted molar refractivity (Wildman–Crippen MR) is 168 cm³/mol. The molecule has 228 valence electrons. The van der Waals surface area contributed by atoms with Gasteiger partial charge in [-0.15, -0.1) is 0 Å². The average Bonchev–Trinajstić information content (AvgIpc) is 3.55. The number of fused-ring (bicyclic) bond motifs is 1. The van der Waals surface area contributed by atoms with Crippen LogP contribution in [-0.2, 0) is 38.1 Å². The Bertz CT molecular complexity index is 1640. The molecule has 1 saturated carbocycles. The van der Waals surface area contributed by atoms with Gasteiger partial charge in [0.1, 0.15) is 29.8 Å². The second-order valence-corrected chi connectivity index (χ2v) is 11.8. The van der Waals surface area contributed by atoms with Crippen LogP contribution >= 0.6 is 11.6 Å². The first kappa shape index (κ1) is 29.8. The Morgan fingerprint density at radius 3 is 2.43 bits per heavy atom. The highest BCUT2D eigenvalue weighted by Crippen LogP contribution is 2.31. The first-order chi connectivity index (χ1) is 21.4. The van der Waals surface area contributed by atoms with Crippen LogP contribution in [-0.4, -0.2) is 32.9 Å². The Morgan fingerprint density at radius 1 is 0.977 bits per heavy atom. The molecule has 1 aliphatic carbocycles. The molecule has 0 radical (unpaired) electrons. The van der Waals surface area contributed by atoms with Gasteiger partial charge in [0.05, 0.1) is 11.2 Å². The molecule has 8 nitrogen and oxygen atoms in total. The van der Waals surface area contributed by atoms with Crippen molar-refractivity contribution in [2.75, 3.05) is 11.4 Å². The lowest BCUT2D eigenvalue weighted by atomic mass is 10.0. The highest BCUT2D eigenvalue weighted by Gasteiger charge is 2.27. The Morgan fingerprint density at radius 2 is 1.73 bits per heavy atom. The van der Waals surface area contributed by atoms with Crippen LogP contribution in [0, 0.1) is 5.82 Å². The Kier molecular flexibility index (Phi) is 8.95. The summed E-state index contributed by atoms with van der Waals surface area (Å²) in [6, 6.07) is 18.3. The normalized spacial score (nSPS) is 16.1.